The fourth-order valence-corrected chi connectivity index (χ4v) is 6.22. The summed E-state index contributed by atoms with van der Waals surface area (Å²) in [6.07, 6.45) is 4.21. The van der Waals surface area contributed by atoms with Gasteiger partial charge in [0.2, 0.25) is 23.6 Å². The maximum atomic E-state index is 14.1. The van der Waals surface area contributed by atoms with Crippen molar-refractivity contribution in [2.45, 2.75) is 51.2 Å². The summed E-state index contributed by atoms with van der Waals surface area (Å²) >= 11 is 19.1. The summed E-state index contributed by atoms with van der Waals surface area (Å²) in [6, 6.07) is 11.9. The van der Waals surface area contributed by atoms with E-state index in [0.29, 0.717) is 58.3 Å². The van der Waals surface area contributed by atoms with E-state index in [2.05, 4.69) is 15.6 Å². The normalized spacial score (nSPS) is 16.2. The monoisotopic (exact) mass is 687 g/mol. The summed E-state index contributed by atoms with van der Waals surface area (Å²) in [5.74, 6) is 0.290. The van der Waals surface area contributed by atoms with E-state index >= 15 is 0 Å². The zero-order valence-corrected chi connectivity index (χ0v) is 27.9. The lowest BCUT2D eigenvalue weighted by molar-refractivity contribution is -0.136. The van der Waals surface area contributed by atoms with Crippen LogP contribution in [0.3, 0.4) is 0 Å². The largest absolute Gasteiger partial charge is 0.487 e. The Hall–Kier alpha value is -3.57. The lowest BCUT2D eigenvalue weighted by atomic mass is 10.0. The van der Waals surface area contributed by atoms with Gasteiger partial charge in [0.1, 0.15) is 19.3 Å². The van der Waals surface area contributed by atoms with Crippen LogP contribution in [0.5, 0.6) is 11.6 Å². The van der Waals surface area contributed by atoms with E-state index in [4.69, 9.17) is 44.3 Å². The van der Waals surface area contributed by atoms with Gasteiger partial charge in [-0.2, -0.15) is 0 Å². The van der Waals surface area contributed by atoms with Crippen molar-refractivity contribution in [1.29, 1.82) is 0 Å². The second-order valence-corrected chi connectivity index (χ2v) is 12.5. The van der Waals surface area contributed by atoms with Crippen molar-refractivity contribution in [2.24, 2.45) is 0 Å². The molecule has 0 radical (unpaired) electrons. The Morgan fingerprint density at radius 3 is 2.46 bits per heavy atom. The Morgan fingerprint density at radius 2 is 1.78 bits per heavy atom. The molecule has 2 heterocycles. The molecule has 5 rings (SSSR count). The number of nitrogens with one attached hydrogen (secondary N) is 2. The fourth-order valence-electron chi connectivity index (χ4n) is 5.34. The van der Waals surface area contributed by atoms with Crippen LogP contribution >= 0.6 is 34.8 Å². The summed E-state index contributed by atoms with van der Waals surface area (Å²) < 4.78 is 11.4. The van der Waals surface area contributed by atoms with Gasteiger partial charge in [0.25, 0.3) is 0 Å². The van der Waals surface area contributed by atoms with Gasteiger partial charge in [-0.1, -0.05) is 46.9 Å². The minimum atomic E-state index is -0.761. The maximum Gasteiger partial charge on any atom is 0.247 e. The molecule has 2 N–H and O–H groups in total. The molecule has 3 amide bonds. The third kappa shape index (κ3) is 8.41. The van der Waals surface area contributed by atoms with Crippen molar-refractivity contribution < 1.29 is 23.9 Å². The molecule has 0 bridgehead atoms. The molecule has 0 unspecified atom stereocenters. The maximum absolute atomic E-state index is 14.1. The first-order valence-electron chi connectivity index (χ1n) is 15.1. The van der Waals surface area contributed by atoms with E-state index in [-0.39, 0.29) is 43.5 Å². The third-order valence-corrected chi connectivity index (χ3v) is 8.77. The van der Waals surface area contributed by atoms with E-state index in [0.717, 1.165) is 29.5 Å². The molecule has 244 valence electrons. The minimum absolute atomic E-state index is 0.0437. The highest BCUT2D eigenvalue weighted by molar-refractivity contribution is 6.37. The zero-order chi connectivity index (χ0) is 32.8. The molecule has 1 atom stereocenters. The molecule has 1 aliphatic heterocycles. The average molecular weight is 689 g/mol. The fraction of sp³-hybridized carbons (Fsp3) is 0.394. The van der Waals surface area contributed by atoms with Gasteiger partial charge in [-0.3, -0.25) is 19.3 Å². The number of hydrogen-bond donors (Lipinski definition) is 2. The van der Waals surface area contributed by atoms with Crippen molar-refractivity contribution in [2.75, 3.05) is 38.3 Å². The van der Waals surface area contributed by atoms with Crippen molar-refractivity contribution in [3.63, 3.8) is 0 Å². The minimum Gasteiger partial charge on any atom is -0.487 e. The lowest BCUT2D eigenvalue weighted by Gasteiger charge is -2.38. The molecule has 2 aromatic carbocycles. The highest BCUT2D eigenvalue weighted by atomic mass is 35.5. The van der Waals surface area contributed by atoms with Crippen LogP contribution in [0, 0.1) is 6.92 Å². The number of halogens is 3. The smallest absolute Gasteiger partial charge is 0.247 e. The number of aromatic nitrogens is 1. The molecule has 1 aliphatic carbocycles. The molecule has 1 aromatic heterocycles. The van der Waals surface area contributed by atoms with Gasteiger partial charge in [-0.05, 0) is 67.1 Å². The van der Waals surface area contributed by atoms with Crippen LogP contribution in [0.15, 0.2) is 48.7 Å². The number of carbonyl (C=O) groups is 3. The first kappa shape index (κ1) is 33.8. The van der Waals surface area contributed by atoms with E-state index in [9.17, 15) is 14.4 Å². The first-order valence-corrected chi connectivity index (χ1v) is 16.3. The van der Waals surface area contributed by atoms with E-state index in [1.165, 1.54) is 11.1 Å². The Balaban J connectivity index is 1.24. The molecule has 46 heavy (non-hydrogen) atoms. The first-order chi connectivity index (χ1) is 22.1. The van der Waals surface area contributed by atoms with Crippen LogP contribution in [0.4, 0.5) is 5.69 Å². The molecule has 10 nitrogen and oxygen atoms in total. The number of carbonyl (C=O) groups excluding carboxylic acids is 3. The van der Waals surface area contributed by atoms with Crippen LogP contribution in [0.2, 0.25) is 15.1 Å². The molecule has 13 heteroatoms. The second-order valence-electron chi connectivity index (χ2n) is 11.3. The molecule has 1 saturated heterocycles. The van der Waals surface area contributed by atoms with Gasteiger partial charge in [-0.15, -0.1) is 0 Å². The van der Waals surface area contributed by atoms with E-state index in [1.807, 2.05) is 24.0 Å². The van der Waals surface area contributed by atoms with Gasteiger partial charge >= 0.3 is 0 Å². The number of aryl methyl sites for hydroxylation is 2. The Labute approximate surface area is 283 Å². The summed E-state index contributed by atoms with van der Waals surface area (Å²) in [4.78, 5) is 46.7. The van der Waals surface area contributed by atoms with Gasteiger partial charge in [-0.25, -0.2) is 4.98 Å². The SMILES string of the molecule is CNC(=O)CCc1ccc(Cl)c(CN(C(=O)[C@H]2CNCC(=O)N2c2ccc(OCCOc3c(Cl)cc(C)cc3Cl)nc2)C2CC2)c1. The summed E-state index contributed by atoms with van der Waals surface area (Å²) in [5.41, 5.74) is 3.19. The Morgan fingerprint density at radius 1 is 1.04 bits per heavy atom. The Kier molecular flexibility index (Phi) is 11.3. The van der Waals surface area contributed by atoms with Crippen LogP contribution in [0.25, 0.3) is 0 Å². The van der Waals surface area contributed by atoms with Crippen molar-refractivity contribution in [3.05, 3.63) is 80.4 Å². The number of piperazine rings is 1. The number of rotatable bonds is 13. The lowest BCUT2D eigenvalue weighted by Crippen LogP contribution is -2.61. The highest BCUT2D eigenvalue weighted by Crippen LogP contribution is 2.34. The zero-order valence-electron chi connectivity index (χ0n) is 25.7. The quantitative estimate of drug-likeness (QED) is 0.244. The summed E-state index contributed by atoms with van der Waals surface area (Å²) in [7, 11) is 1.61. The molecule has 2 aliphatic rings. The number of amides is 3. The predicted octanol–water partition coefficient (Wildman–Crippen LogP) is 4.98. The molecule has 2 fully saturated rings. The van der Waals surface area contributed by atoms with E-state index in [1.54, 1.807) is 37.4 Å². The predicted molar refractivity (Wildman–Crippen MR) is 178 cm³/mol. The molecule has 0 spiro atoms. The number of ether oxygens (including phenoxy) is 2. The highest BCUT2D eigenvalue weighted by Gasteiger charge is 2.41. The third-order valence-electron chi connectivity index (χ3n) is 7.84. The van der Waals surface area contributed by atoms with Crippen molar-refractivity contribution in [1.82, 2.24) is 20.5 Å². The Bertz CT molecular complexity index is 1560. The van der Waals surface area contributed by atoms with Crippen LogP contribution in [0.1, 0.15) is 36.0 Å². The number of anilines is 1. The van der Waals surface area contributed by atoms with Crippen LogP contribution < -0.4 is 25.0 Å². The summed E-state index contributed by atoms with van der Waals surface area (Å²) in [6.45, 7) is 2.98. The molecular weight excluding hydrogens is 653 g/mol. The number of nitrogens with zero attached hydrogens (tertiary/aromatic N) is 3. The number of benzene rings is 2. The standard InChI is InChI=1S/C33H36Cl3N5O5/c1-20-13-26(35)32(27(36)14-20)46-12-11-45-30-10-7-24(16-39-30)41-28(17-38-18-31(41)43)33(44)40(23-5-6-23)19-22-15-21(3-8-25(22)34)4-9-29(42)37-2/h3,7-8,10,13-16,23,28,38H,4-6,9,11-12,17-19H2,1-2H3,(H,37,42)/t28-/m1/s1. The number of hydrogen-bond acceptors (Lipinski definition) is 7. The van der Waals surface area contributed by atoms with E-state index < -0.39 is 6.04 Å². The molecule has 3 aromatic rings. The average Bonchev–Trinajstić information content (AvgIpc) is 3.88. The van der Waals surface area contributed by atoms with Gasteiger partial charge in [0.15, 0.2) is 5.75 Å². The topological polar surface area (TPSA) is 113 Å². The summed E-state index contributed by atoms with van der Waals surface area (Å²) in [5, 5.41) is 7.11. The molecular formula is C33H36Cl3N5O5. The van der Waals surface area contributed by atoms with Gasteiger partial charge < -0.3 is 25.0 Å². The van der Waals surface area contributed by atoms with Crippen molar-refractivity contribution in [3.8, 4) is 11.6 Å². The van der Waals surface area contributed by atoms with Gasteiger partial charge in [0, 0.05) is 43.7 Å². The second kappa shape index (κ2) is 15.3. The molecule has 1 saturated carbocycles. The number of pyridine rings is 1. The van der Waals surface area contributed by atoms with Crippen LogP contribution in [-0.4, -0.2) is 73.0 Å². The van der Waals surface area contributed by atoms with Crippen molar-refractivity contribution >= 4 is 58.2 Å². The van der Waals surface area contributed by atoms with Gasteiger partial charge in [0.05, 0.1) is 28.5 Å². The van der Waals surface area contributed by atoms with Crippen LogP contribution in [-0.2, 0) is 27.3 Å².